The van der Waals surface area contributed by atoms with Gasteiger partial charge in [-0.3, -0.25) is 9.48 Å². The Morgan fingerprint density at radius 3 is 2.96 bits per heavy atom. The zero-order valence-corrected chi connectivity index (χ0v) is 14.6. The molecule has 0 atom stereocenters. The second kappa shape index (κ2) is 8.23. The first kappa shape index (κ1) is 16.9. The number of thiazole rings is 1. The van der Waals surface area contributed by atoms with E-state index in [1.54, 1.807) is 10.9 Å². The van der Waals surface area contributed by atoms with Crippen molar-refractivity contribution in [2.24, 2.45) is 5.92 Å². The van der Waals surface area contributed by atoms with Gasteiger partial charge in [0.2, 0.25) is 0 Å². The normalized spacial score (nSPS) is 15.5. The summed E-state index contributed by atoms with van der Waals surface area (Å²) in [4.78, 5) is 16.3. The third-order valence-electron chi connectivity index (χ3n) is 4.50. The molecule has 0 unspecified atom stereocenters. The first-order valence-electron chi connectivity index (χ1n) is 8.59. The molecule has 7 nitrogen and oxygen atoms in total. The monoisotopic (exact) mass is 348 g/mol. The van der Waals surface area contributed by atoms with Crippen molar-refractivity contribution in [3.63, 3.8) is 0 Å². The number of carbonyl (C=O) groups is 1. The van der Waals surface area contributed by atoms with E-state index in [9.17, 15) is 4.79 Å². The van der Waals surface area contributed by atoms with Crippen LogP contribution < -0.4 is 11.1 Å². The Morgan fingerprint density at radius 2 is 2.21 bits per heavy atom. The Bertz CT molecular complexity index is 661. The van der Waals surface area contributed by atoms with Crippen molar-refractivity contribution in [3.05, 3.63) is 23.0 Å². The Labute approximate surface area is 145 Å². The summed E-state index contributed by atoms with van der Waals surface area (Å²) in [5.74, 6) is 0.605. The lowest BCUT2D eigenvalue weighted by atomic mass is 9.87. The van der Waals surface area contributed by atoms with Crippen LogP contribution in [0.25, 0.3) is 0 Å². The van der Waals surface area contributed by atoms with Gasteiger partial charge in [0, 0.05) is 24.9 Å². The van der Waals surface area contributed by atoms with Gasteiger partial charge in [-0.2, -0.15) is 0 Å². The number of nitrogens with zero attached hydrogens (tertiary/aromatic N) is 4. The van der Waals surface area contributed by atoms with E-state index in [2.05, 4.69) is 20.6 Å². The van der Waals surface area contributed by atoms with Gasteiger partial charge < -0.3 is 11.1 Å². The minimum atomic E-state index is -0.192. The van der Waals surface area contributed by atoms with E-state index in [1.807, 2.05) is 5.38 Å². The molecular weight excluding hydrogens is 324 g/mol. The fraction of sp³-hybridized carbons (Fsp3) is 0.625. The van der Waals surface area contributed by atoms with Crippen molar-refractivity contribution in [2.75, 3.05) is 12.3 Å². The third-order valence-corrected chi connectivity index (χ3v) is 5.22. The molecule has 130 valence electrons. The average Bonchev–Trinajstić information content (AvgIpc) is 3.23. The maximum absolute atomic E-state index is 12.1. The maximum atomic E-state index is 12.1. The van der Waals surface area contributed by atoms with Crippen molar-refractivity contribution in [1.29, 1.82) is 0 Å². The predicted octanol–water partition coefficient (Wildman–Crippen LogP) is 2.26. The molecule has 3 N–H and O–H groups in total. The van der Waals surface area contributed by atoms with Crippen LogP contribution in [0, 0.1) is 5.92 Å². The Balaban J connectivity index is 1.41. The van der Waals surface area contributed by atoms with Crippen LogP contribution in [0.2, 0.25) is 0 Å². The molecule has 1 aliphatic rings. The lowest BCUT2D eigenvalue weighted by Gasteiger charge is -2.20. The summed E-state index contributed by atoms with van der Waals surface area (Å²) >= 11 is 1.41. The molecule has 2 aromatic rings. The molecule has 24 heavy (non-hydrogen) atoms. The molecule has 1 aliphatic carbocycles. The number of hydrogen-bond donors (Lipinski definition) is 2. The third kappa shape index (κ3) is 4.77. The van der Waals surface area contributed by atoms with Crippen molar-refractivity contribution in [1.82, 2.24) is 25.3 Å². The van der Waals surface area contributed by atoms with Gasteiger partial charge in [-0.1, -0.05) is 37.3 Å². The highest BCUT2D eigenvalue weighted by atomic mass is 32.1. The lowest BCUT2D eigenvalue weighted by molar-refractivity contribution is 0.0949. The largest absolute Gasteiger partial charge is 0.375 e. The Morgan fingerprint density at radius 1 is 1.38 bits per heavy atom. The molecular formula is C16H24N6OS. The molecule has 3 rings (SSSR count). The molecule has 1 saturated carbocycles. The molecule has 1 amide bonds. The number of nitrogens with one attached hydrogen (secondary N) is 1. The number of hydrogen-bond acceptors (Lipinski definition) is 6. The highest BCUT2D eigenvalue weighted by Crippen LogP contribution is 2.26. The molecule has 0 aliphatic heterocycles. The highest BCUT2D eigenvalue weighted by Gasteiger charge is 2.15. The van der Waals surface area contributed by atoms with Crippen LogP contribution in [0.15, 0.2) is 11.6 Å². The zero-order valence-electron chi connectivity index (χ0n) is 13.8. The molecule has 0 saturated heterocycles. The molecule has 0 radical (unpaired) electrons. The summed E-state index contributed by atoms with van der Waals surface area (Å²) in [5, 5.41) is 13.4. The number of anilines is 1. The lowest BCUT2D eigenvalue weighted by Crippen LogP contribution is -2.26. The first-order valence-corrected chi connectivity index (χ1v) is 9.47. The van der Waals surface area contributed by atoms with Gasteiger partial charge in [0.05, 0.1) is 11.9 Å². The standard InChI is InChI=1S/C16H24N6OS/c17-16-19-13(11-24-16)6-8-18-15(23)14-10-22(21-20-14)9-7-12-4-2-1-3-5-12/h10-12H,1-9H2,(H2,17,19)(H,18,23). The topological polar surface area (TPSA) is 98.7 Å². The van der Waals surface area contributed by atoms with E-state index >= 15 is 0 Å². The molecule has 0 spiro atoms. The van der Waals surface area contributed by atoms with Crippen molar-refractivity contribution < 1.29 is 4.79 Å². The summed E-state index contributed by atoms with van der Waals surface area (Å²) in [7, 11) is 0. The average molecular weight is 348 g/mol. The summed E-state index contributed by atoms with van der Waals surface area (Å²) in [5.41, 5.74) is 6.85. The minimum Gasteiger partial charge on any atom is -0.375 e. The molecule has 1 fully saturated rings. The predicted molar refractivity (Wildman–Crippen MR) is 93.8 cm³/mol. The first-order chi connectivity index (χ1) is 11.7. The van der Waals surface area contributed by atoms with Crippen LogP contribution in [-0.4, -0.2) is 32.4 Å². The fourth-order valence-corrected chi connectivity index (χ4v) is 3.73. The van der Waals surface area contributed by atoms with E-state index < -0.39 is 0 Å². The number of nitrogen functional groups attached to an aromatic ring is 1. The number of amides is 1. The van der Waals surface area contributed by atoms with Gasteiger partial charge in [-0.15, -0.1) is 16.4 Å². The van der Waals surface area contributed by atoms with E-state index in [0.29, 0.717) is 23.8 Å². The number of aryl methyl sites for hydroxylation is 1. The molecule has 0 aromatic carbocycles. The smallest absolute Gasteiger partial charge is 0.273 e. The number of nitrogens with two attached hydrogens (primary N) is 1. The van der Waals surface area contributed by atoms with Crippen LogP contribution in [-0.2, 0) is 13.0 Å². The second-order valence-electron chi connectivity index (χ2n) is 6.34. The number of aromatic nitrogens is 4. The van der Waals surface area contributed by atoms with Crippen LogP contribution in [0.5, 0.6) is 0 Å². The summed E-state index contributed by atoms with van der Waals surface area (Å²) in [6.07, 6.45) is 10.2. The molecule has 0 bridgehead atoms. The molecule has 2 aromatic heterocycles. The zero-order chi connectivity index (χ0) is 16.8. The maximum Gasteiger partial charge on any atom is 0.273 e. The SMILES string of the molecule is Nc1nc(CCNC(=O)c2cn(CCC3CCCCC3)nn2)cs1. The van der Waals surface area contributed by atoms with Gasteiger partial charge in [-0.25, -0.2) is 4.98 Å². The van der Waals surface area contributed by atoms with Crippen molar-refractivity contribution in [2.45, 2.75) is 51.5 Å². The van der Waals surface area contributed by atoms with Gasteiger partial charge in [0.1, 0.15) is 0 Å². The molecule has 8 heteroatoms. The minimum absolute atomic E-state index is 0.192. The van der Waals surface area contributed by atoms with Crippen molar-refractivity contribution >= 4 is 22.4 Å². The van der Waals surface area contributed by atoms with E-state index in [-0.39, 0.29) is 5.91 Å². The van der Waals surface area contributed by atoms with Gasteiger partial charge in [-0.05, 0) is 12.3 Å². The number of carbonyl (C=O) groups excluding carboxylic acids is 1. The van der Waals surface area contributed by atoms with Crippen LogP contribution in [0.3, 0.4) is 0 Å². The fourth-order valence-electron chi connectivity index (χ4n) is 3.13. The summed E-state index contributed by atoms with van der Waals surface area (Å²) in [6, 6.07) is 0. The van der Waals surface area contributed by atoms with Crippen molar-refractivity contribution in [3.8, 4) is 0 Å². The van der Waals surface area contributed by atoms with Crippen LogP contribution >= 0.6 is 11.3 Å². The Kier molecular flexibility index (Phi) is 5.79. The Hall–Kier alpha value is -1.96. The van der Waals surface area contributed by atoms with E-state index in [1.165, 1.54) is 43.4 Å². The quantitative estimate of drug-likeness (QED) is 0.799. The van der Waals surface area contributed by atoms with Gasteiger partial charge in [0.25, 0.3) is 5.91 Å². The highest BCUT2D eigenvalue weighted by molar-refractivity contribution is 7.13. The van der Waals surface area contributed by atoms with Crippen LogP contribution in [0.1, 0.15) is 54.7 Å². The summed E-state index contributed by atoms with van der Waals surface area (Å²) < 4.78 is 1.78. The number of rotatable bonds is 7. The summed E-state index contributed by atoms with van der Waals surface area (Å²) in [6.45, 7) is 1.35. The second-order valence-corrected chi connectivity index (χ2v) is 7.23. The van der Waals surface area contributed by atoms with Crippen LogP contribution in [0.4, 0.5) is 5.13 Å². The van der Waals surface area contributed by atoms with Gasteiger partial charge in [0.15, 0.2) is 10.8 Å². The molecule has 2 heterocycles. The van der Waals surface area contributed by atoms with E-state index in [0.717, 1.165) is 24.6 Å². The van der Waals surface area contributed by atoms with E-state index in [4.69, 9.17) is 5.73 Å². The van der Waals surface area contributed by atoms with Gasteiger partial charge >= 0.3 is 0 Å².